The maximum absolute atomic E-state index is 12.3. The molecule has 86 valence electrons. The van der Waals surface area contributed by atoms with E-state index in [4.69, 9.17) is 0 Å². The minimum absolute atomic E-state index is 0.00729. The van der Waals surface area contributed by atoms with E-state index in [0.29, 0.717) is 4.68 Å². The van der Waals surface area contributed by atoms with Crippen LogP contribution in [-0.2, 0) is 4.79 Å². The average Bonchev–Trinajstić information content (AvgIpc) is 2.31. The van der Waals surface area contributed by atoms with Crippen LogP contribution < -0.4 is 4.46 Å². The molecule has 0 amide bonds. The maximum atomic E-state index is 12.3. The molecule has 1 saturated carbocycles. The molecule has 0 atom stereocenters. The van der Waals surface area contributed by atoms with Crippen LogP contribution in [0.2, 0.25) is 0 Å². The van der Waals surface area contributed by atoms with Crippen LogP contribution in [0, 0.1) is 5.41 Å². The Bertz CT molecular complexity index is 352. The van der Waals surface area contributed by atoms with Crippen molar-refractivity contribution < 1.29 is 4.79 Å². The van der Waals surface area contributed by atoms with Crippen LogP contribution in [0.15, 0.2) is 30.3 Å². The van der Waals surface area contributed by atoms with Gasteiger partial charge in [0.15, 0.2) is 0 Å². The van der Waals surface area contributed by atoms with Crippen molar-refractivity contribution in [3.05, 3.63) is 30.3 Å². The summed E-state index contributed by atoms with van der Waals surface area (Å²) >= 11 is 0.00729. The molecular weight excluding hydrogens is 263 g/mol. The quantitative estimate of drug-likeness (QED) is 0.778. The Morgan fingerprint density at radius 2 is 1.75 bits per heavy atom. The van der Waals surface area contributed by atoms with Gasteiger partial charge in [0.05, 0.1) is 0 Å². The number of hydrogen-bond acceptors (Lipinski definition) is 1. The summed E-state index contributed by atoms with van der Waals surface area (Å²) in [5.74, 6) is 0. The number of rotatable bonds is 3. The molecule has 0 N–H and O–H groups in total. The summed E-state index contributed by atoms with van der Waals surface area (Å²) in [6.45, 7) is 2.17. The first kappa shape index (κ1) is 11.9. The van der Waals surface area contributed by atoms with Crippen molar-refractivity contribution in [3.63, 3.8) is 0 Å². The van der Waals surface area contributed by atoms with Crippen LogP contribution >= 0.6 is 0 Å². The van der Waals surface area contributed by atoms with Crippen LogP contribution in [0.25, 0.3) is 0 Å². The second-order valence-electron chi connectivity index (χ2n) is 4.82. The summed E-state index contributed by atoms with van der Waals surface area (Å²) < 4.78 is 1.71. The SMILES string of the molecule is CC1(C(=O)[Se]c2ccccc2)CCCCC1. The standard InChI is InChI=1S/C14H18OSe/c1-14(10-6-3-7-11-14)13(15)16-12-8-4-2-5-9-12/h2,4-5,8-9H,3,6-7,10-11H2,1H3. The first-order valence-electron chi connectivity index (χ1n) is 5.98. The third-order valence-electron chi connectivity index (χ3n) is 3.40. The van der Waals surface area contributed by atoms with Gasteiger partial charge in [-0.25, -0.2) is 0 Å². The van der Waals surface area contributed by atoms with E-state index in [1.807, 2.05) is 18.2 Å². The molecule has 1 fully saturated rings. The Morgan fingerprint density at radius 3 is 2.38 bits per heavy atom. The van der Waals surface area contributed by atoms with Crippen LogP contribution in [0.4, 0.5) is 0 Å². The van der Waals surface area contributed by atoms with Crippen molar-refractivity contribution >= 4 is 24.1 Å². The fraction of sp³-hybridized carbons (Fsp3) is 0.500. The summed E-state index contributed by atoms with van der Waals surface area (Å²) in [6, 6.07) is 10.2. The van der Waals surface area contributed by atoms with Gasteiger partial charge in [0.25, 0.3) is 0 Å². The zero-order valence-corrected chi connectivity index (χ0v) is 11.5. The van der Waals surface area contributed by atoms with E-state index < -0.39 is 0 Å². The molecule has 16 heavy (non-hydrogen) atoms. The van der Waals surface area contributed by atoms with Crippen molar-refractivity contribution in [3.8, 4) is 0 Å². The Kier molecular flexibility index (Phi) is 3.83. The van der Waals surface area contributed by atoms with E-state index in [0.717, 1.165) is 12.8 Å². The monoisotopic (exact) mass is 282 g/mol. The Labute approximate surface area is 104 Å². The van der Waals surface area contributed by atoms with Crippen LogP contribution in [0.5, 0.6) is 0 Å². The molecule has 0 bridgehead atoms. The average molecular weight is 281 g/mol. The molecule has 0 aliphatic heterocycles. The summed E-state index contributed by atoms with van der Waals surface area (Å²) in [7, 11) is 0. The van der Waals surface area contributed by atoms with E-state index in [-0.39, 0.29) is 20.4 Å². The molecule has 0 saturated heterocycles. The molecule has 1 aromatic rings. The van der Waals surface area contributed by atoms with Gasteiger partial charge < -0.3 is 0 Å². The molecule has 1 aromatic carbocycles. The van der Waals surface area contributed by atoms with Gasteiger partial charge in [-0.3, -0.25) is 0 Å². The van der Waals surface area contributed by atoms with Gasteiger partial charge in [-0.05, 0) is 0 Å². The van der Waals surface area contributed by atoms with Crippen LogP contribution in [-0.4, -0.2) is 19.6 Å². The van der Waals surface area contributed by atoms with Crippen LogP contribution in [0.3, 0.4) is 0 Å². The van der Waals surface area contributed by atoms with Crippen LogP contribution in [0.1, 0.15) is 39.0 Å². The topological polar surface area (TPSA) is 17.1 Å². The number of hydrogen-bond donors (Lipinski definition) is 0. The Morgan fingerprint density at radius 1 is 1.12 bits per heavy atom. The Balaban J connectivity index is 2.02. The first-order valence-corrected chi connectivity index (χ1v) is 7.69. The van der Waals surface area contributed by atoms with E-state index >= 15 is 0 Å². The van der Waals surface area contributed by atoms with Gasteiger partial charge >= 0.3 is 104 Å². The zero-order valence-electron chi connectivity index (χ0n) is 9.74. The van der Waals surface area contributed by atoms with Gasteiger partial charge in [-0.1, -0.05) is 0 Å². The molecule has 2 heteroatoms. The van der Waals surface area contributed by atoms with E-state index in [9.17, 15) is 4.79 Å². The zero-order chi connectivity index (χ0) is 11.4. The second-order valence-corrected chi connectivity index (χ2v) is 7.02. The fourth-order valence-electron chi connectivity index (χ4n) is 2.26. The normalized spacial score (nSPS) is 19.3. The van der Waals surface area contributed by atoms with Gasteiger partial charge in [0, 0.05) is 0 Å². The van der Waals surface area contributed by atoms with Gasteiger partial charge in [0.1, 0.15) is 0 Å². The van der Waals surface area contributed by atoms with Crippen molar-refractivity contribution in [2.45, 2.75) is 39.0 Å². The molecule has 2 rings (SSSR count). The van der Waals surface area contributed by atoms with Crippen molar-refractivity contribution in [2.24, 2.45) is 5.41 Å². The molecule has 0 heterocycles. The molecule has 1 aliphatic carbocycles. The molecule has 0 radical (unpaired) electrons. The third-order valence-corrected chi connectivity index (χ3v) is 5.89. The van der Waals surface area contributed by atoms with Crippen molar-refractivity contribution in [2.75, 3.05) is 0 Å². The fourth-order valence-corrected chi connectivity index (χ4v) is 4.26. The molecular formula is C14H18OSe. The Hall–Kier alpha value is -0.591. The number of carbonyl (C=O) groups excluding carboxylic acids is 1. The van der Waals surface area contributed by atoms with Gasteiger partial charge in [-0.2, -0.15) is 0 Å². The van der Waals surface area contributed by atoms with E-state index in [2.05, 4.69) is 19.1 Å². The predicted molar refractivity (Wildman–Crippen MR) is 68.0 cm³/mol. The molecule has 1 aliphatic rings. The van der Waals surface area contributed by atoms with Crippen molar-refractivity contribution in [1.29, 1.82) is 0 Å². The molecule has 0 unspecified atom stereocenters. The molecule has 0 spiro atoms. The third kappa shape index (κ3) is 2.75. The summed E-state index contributed by atoms with van der Waals surface area (Å²) in [5.41, 5.74) is -0.0198. The predicted octanol–water partition coefficient (Wildman–Crippen LogP) is 2.51. The summed E-state index contributed by atoms with van der Waals surface area (Å²) in [6.07, 6.45) is 5.96. The van der Waals surface area contributed by atoms with E-state index in [1.54, 1.807) is 0 Å². The second kappa shape index (κ2) is 5.16. The molecule has 0 aromatic heterocycles. The number of benzene rings is 1. The summed E-state index contributed by atoms with van der Waals surface area (Å²) in [5, 5.41) is 0. The number of carbonyl (C=O) groups is 1. The minimum atomic E-state index is -0.0198. The first-order chi connectivity index (χ1) is 7.71. The van der Waals surface area contributed by atoms with Gasteiger partial charge in [0.2, 0.25) is 0 Å². The van der Waals surface area contributed by atoms with E-state index in [1.165, 1.54) is 23.7 Å². The molecule has 1 nitrogen and oxygen atoms in total. The van der Waals surface area contributed by atoms with Crippen molar-refractivity contribution in [1.82, 2.24) is 0 Å². The summed E-state index contributed by atoms with van der Waals surface area (Å²) in [4.78, 5) is 12.3. The van der Waals surface area contributed by atoms with Gasteiger partial charge in [-0.15, -0.1) is 0 Å².